The SMILES string of the molecule is CC[C@@H]1CN(C(=O)N2CCC(C(=O)NCc3ccc(C)cc3)CC2)c2ccccc2O1. The van der Waals surface area contributed by atoms with Crippen molar-refractivity contribution in [3.8, 4) is 5.75 Å². The number of carbonyl (C=O) groups excluding carboxylic acids is 2. The van der Waals surface area contributed by atoms with E-state index in [0.29, 0.717) is 39.0 Å². The monoisotopic (exact) mass is 421 g/mol. The van der Waals surface area contributed by atoms with E-state index >= 15 is 0 Å². The number of amides is 3. The Balaban J connectivity index is 1.32. The first-order chi connectivity index (χ1) is 15.0. The normalized spacial score (nSPS) is 18.8. The van der Waals surface area contributed by atoms with E-state index < -0.39 is 0 Å². The van der Waals surface area contributed by atoms with Crippen molar-refractivity contribution in [2.45, 2.75) is 45.8 Å². The van der Waals surface area contributed by atoms with Crippen LogP contribution in [0.1, 0.15) is 37.3 Å². The Morgan fingerprint density at radius 3 is 2.48 bits per heavy atom. The molecule has 2 aliphatic rings. The second-order valence-corrected chi connectivity index (χ2v) is 8.47. The number of hydrogen-bond acceptors (Lipinski definition) is 3. The van der Waals surface area contributed by atoms with Crippen molar-refractivity contribution in [1.29, 1.82) is 0 Å². The molecule has 6 heteroatoms. The molecule has 0 aliphatic carbocycles. The van der Waals surface area contributed by atoms with E-state index in [1.54, 1.807) is 0 Å². The summed E-state index contributed by atoms with van der Waals surface area (Å²) in [5, 5.41) is 3.05. The smallest absolute Gasteiger partial charge is 0.324 e. The van der Waals surface area contributed by atoms with E-state index in [-0.39, 0.29) is 24.0 Å². The lowest BCUT2D eigenvalue weighted by Gasteiger charge is -2.39. The molecule has 1 fully saturated rings. The molecule has 2 aliphatic heterocycles. The van der Waals surface area contributed by atoms with Gasteiger partial charge in [0, 0.05) is 25.6 Å². The van der Waals surface area contributed by atoms with Crippen LogP contribution in [0.15, 0.2) is 48.5 Å². The first-order valence-electron chi connectivity index (χ1n) is 11.2. The number of ether oxygens (including phenoxy) is 1. The number of nitrogens with zero attached hydrogens (tertiary/aromatic N) is 2. The van der Waals surface area contributed by atoms with E-state index in [4.69, 9.17) is 4.74 Å². The zero-order valence-corrected chi connectivity index (χ0v) is 18.3. The van der Waals surface area contributed by atoms with Crippen LogP contribution in [0.2, 0.25) is 0 Å². The van der Waals surface area contributed by atoms with E-state index in [2.05, 4.69) is 31.3 Å². The Labute approximate surface area is 184 Å². The fourth-order valence-corrected chi connectivity index (χ4v) is 4.24. The molecule has 0 aromatic heterocycles. The molecule has 1 saturated heterocycles. The molecule has 1 N–H and O–H groups in total. The van der Waals surface area contributed by atoms with Crippen molar-refractivity contribution in [2.75, 3.05) is 24.5 Å². The van der Waals surface area contributed by atoms with Crippen molar-refractivity contribution in [1.82, 2.24) is 10.2 Å². The number of carbonyl (C=O) groups is 2. The van der Waals surface area contributed by atoms with Gasteiger partial charge < -0.3 is 15.0 Å². The molecule has 3 amide bonds. The average Bonchev–Trinajstić information content (AvgIpc) is 2.82. The van der Waals surface area contributed by atoms with Crippen LogP contribution in [-0.2, 0) is 11.3 Å². The van der Waals surface area contributed by atoms with Crippen LogP contribution >= 0.6 is 0 Å². The minimum atomic E-state index is -0.0464. The van der Waals surface area contributed by atoms with Gasteiger partial charge in [-0.05, 0) is 43.9 Å². The maximum Gasteiger partial charge on any atom is 0.324 e. The van der Waals surface area contributed by atoms with Crippen LogP contribution in [0.3, 0.4) is 0 Å². The lowest BCUT2D eigenvalue weighted by Crippen LogP contribution is -2.52. The zero-order valence-electron chi connectivity index (χ0n) is 18.3. The summed E-state index contributed by atoms with van der Waals surface area (Å²) in [5.41, 5.74) is 3.14. The summed E-state index contributed by atoms with van der Waals surface area (Å²) in [6, 6.07) is 15.9. The average molecular weight is 422 g/mol. The Morgan fingerprint density at radius 2 is 1.77 bits per heavy atom. The van der Waals surface area contributed by atoms with Gasteiger partial charge in [0.15, 0.2) is 0 Å². The van der Waals surface area contributed by atoms with Crippen LogP contribution in [0.4, 0.5) is 10.5 Å². The van der Waals surface area contributed by atoms with Gasteiger partial charge in [-0.25, -0.2) is 4.79 Å². The van der Waals surface area contributed by atoms with Crippen molar-refractivity contribution in [3.63, 3.8) is 0 Å². The third-order valence-corrected chi connectivity index (χ3v) is 6.25. The van der Waals surface area contributed by atoms with Gasteiger partial charge in [0.2, 0.25) is 5.91 Å². The van der Waals surface area contributed by atoms with Gasteiger partial charge in [-0.3, -0.25) is 9.69 Å². The molecular weight excluding hydrogens is 390 g/mol. The van der Waals surface area contributed by atoms with Crippen LogP contribution in [0.25, 0.3) is 0 Å². The molecule has 0 radical (unpaired) electrons. The minimum absolute atomic E-state index is 0.00365. The summed E-state index contributed by atoms with van der Waals surface area (Å²) in [5.74, 6) is 0.796. The van der Waals surface area contributed by atoms with E-state index in [1.807, 2.05) is 46.2 Å². The Hall–Kier alpha value is -3.02. The molecule has 6 nitrogen and oxygen atoms in total. The molecule has 0 saturated carbocycles. The summed E-state index contributed by atoms with van der Waals surface area (Å²) < 4.78 is 6.00. The quantitative estimate of drug-likeness (QED) is 0.808. The van der Waals surface area contributed by atoms with E-state index in [1.165, 1.54) is 5.56 Å². The Morgan fingerprint density at radius 1 is 1.06 bits per heavy atom. The number of fused-ring (bicyclic) bond motifs is 1. The van der Waals surface area contributed by atoms with Gasteiger partial charge in [0.05, 0.1) is 12.2 Å². The van der Waals surface area contributed by atoms with Gasteiger partial charge in [-0.1, -0.05) is 48.9 Å². The summed E-state index contributed by atoms with van der Waals surface area (Å²) in [6.07, 6.45) is 2.23. The largest absolute Gasteiger partial charge is 0.486 e. The van der Waals surface area contributed by atoms with Crippen LogP contribution < -0.4 is 15.0 Å². The highest BCUT2D eigenvalue weighted by atomic mass is 16.5. The highest BCUT2D eigenvalue weighted by Crippen LogP contribution is 2.35. The molecule has 2 heterocycles. The highest BCUT2D eigenvalue weighted by molar-refractivity contribution is 5.94. The molecule has 4 rings (SSSR count). The van der Waals surface area contributed by atoms with Crippen LogP contribution in [0, 0.1) is 12.8 Å². The van der Waals surface area contributed by atoms with E-state index in [9.17, 15) is 9.59 Å². The van der Waals surface area contributed by atoms with Crippen LogP contribution in [-0.4, -0.2) is 42.6 Å². The fraction of sp³-hybridized carbons (Fsp3) is 0.440. The maximum atomic E-state index is 13.3. The second-order valence-electron chi connectivity index (χ2n) is 8.47. The van der Waals surface area contributed by atoms with Crippen molar-refractivity contribution in [2.24, 2.45) is 5.92 Å². The van der Waals surface area contributed by atoms with Gasteiger partial charge in [0.1, 0.15) is 11.9 Å². The maximum absolute atomic E-state index is 13.3. The number of aryl methyl sites for hydroxylation is 1. The van der Waals surface area contributed by atoms with Gasteiger partial charge in [-0.2, -0.15) is 0 Å². The predicted molar refractivity (Wildman–Crippen MR) is 121 cm³/mol. The number of likely N-dealkylation sites (tertiary alicyclic amines) is 1. The molecule has 1 atom stereocenters. The highest BCUT2D eigenvalue weighted by Gasteiger charge is 2.34. The Kier molecular flexibility index (Phi) is 6.44. The molecule has 2 aromatic carbocycles. The predicted octanol–water partition coefficient (Wildman–Crippen LogP) is 4.12. The molecule has 2 aromatic rings. The molecule has 0 spiro atoms. The first kappa shape index (κ1) is 21.2. The fourth-order valence-electron chi connectivity index (χ4n) is 4.24. The van der Waals surface area contributed by atoms with Gasteiger partial charge >= 0.3 is 6.03 Å². The number of nitrogens with one attached hydrogen (secondary N) is 1. The minimum Gasteiger partial charge on any atom is -0.486 e. The summed E-state index contributed by atoms with van der Waals surface area (Å²) >= 11 is 0. The number of piperidine rings is 1. The summed E-state index contributed by atoms with van der Waals surface area (Å²) in [6.45, 7) is 6.41. The zero-order chi connectivity index (χ0) is 21.8. The molecular formula is C25H31N3O3. The molecule has 0 unspecified atom stereocenters. The molecule has 164 valence electrons. The second kappa shape index (κ2) is 9.41. The number of para-hydroxylation sites is 2. The van der Waals surface area contributed by atoms with Crippen molar-refractivity contribution >= 4 is 17.6 Å². The van der Waals surface area contributed by atoms with Crippen molar-refractivity contribution in [3.05, 3.63) is 59.7 Å². The number of urea groups is 1. The lowest BCUT2D eigenvalue weighted by molar-refractivity contribution is -0.126. The Bertz CT molecular complexity index is 920. The number of benzene rings is 2. The third-order valence-electron chi connectivity index (χ3n) is 6.25. The lowest BCUT2D eigenvalue weighted by atomic mass is 9.96. The summed E-state index contributed by atoms with van der Waals surface area (Å²) in [7, 11) is 0. The molecule has 0 bridgehead atoms. The van der Waals surface area contributed by atoms with E-state index in [0.717, 1.165) is 23.4 Å². The number of anilines is 1. The van der Waals surface area contributed by atoms with Gasteiger partial charge in [-0.15, -0.1) is 0 Å². The third kappa shape index (κ3) is 4.84. The topological polar surface area (TPSA) is 61.9 Å². The first-order valence-corrected chi connectivity index (χ1v) is 11.2. The standard InChI is InChI=1S/C25H31N3O3/c1-3-21-17-28(22-6-4-5-7-23(22)31-21)25(30)27-14-12-20(13-15-27)24(29)26-16-19-10-8-18(2)9-11-19/h4-11,20-21H,3,12-17H2,1-2H3,(H,26,29)/t21-/m1/s1. The van der Waals surface area contributed by atoms with Crippen molar-refractivity contribution < 1.29 is 14.3 Å². The number of hydrogen-bond donors (Lipinski definition) is 1. The van der Waals surface area contributed by atoms with Crippen LogP contribution in [0.5, 0.6) is 5.75 Å². The summed E-state index contributed by atoms with van der Waals surface area (Å²) in [4.78, 5) is 29.6. The van der Waals surface area contributed by atoms with Gasteiger partial charge in [0.25, 0.3) is 0 Å². The number of rotatable bonds is 4. The molecule has 31 heavy (non-hydrogen) atoms.